The molecule has 2 nitrogen and oxygen atoms in total. The number of allylic oxidation sites excluding steroid dienone is 1. The number of hydrogen-bond donors (Lipinski definition) is 0. The summed E-state index contributed by atoms with van der Waals surface area (Å²) < 4.78 is 0. The fraction of sp³-hybridized carbons (Fsp3) is 0.400. The number of dihydropyridines is 1. The van der Waals surface area contributed by atoms with E-state index in [1.165, 1.54) is 0 Å². The molecule has 0 spiro atoms. The second-order valence-corrected chi connectivity index (χ2v) is 1.42. The van der Waals surface area contributed by atoms with Crippen molar-refractivity contribution in [1.82, 2.24) is 0 Å². The monoisotopic (exact) mass is 96.0 g/mol. The summed E-state index contributed by atoms with van der Waals surface area (Å²) >= 11 is 0. The van der Waals surface area contributed by atoms with Crippen molar-refractivity contribution in [2.45, 2.75) is 12.6 Å². The van der Waals surface area contributed by atoms with Crippen LogP contribution in [0.1, 0.15) is 6.42 Å². The van der Waals surface area contributed by atoms with Crippen LogP contribution in [0.5, 0.6) is 0 Å². The molecule has 0 N–H and O–H groups in total. The summed E-state index contributed by atoms with van der Waals surface area (Å²) in [6, 6.07) is 0. The van der Waals surface area contributed by atoms with E-state index in [4.69, 9.17) is 0 Å². The number of rotatable bonds is 0. The van der Waals surface area contributed by atoms with Gasteiger partial charge in [-0.2, -0.15) is 0 Å². The fourth-order valence-corrected chi connectivity index (χ4v) is 0.462. The Bertz CT molecular complexity index is 107. The van der Waals surface area contributed by atoms with Crippen LogP contribution in [0.15, 0.2) is 17.1 Å². The molecule has 0 aromatic heterocycles. The Hall–Kier alpha value is -0.630. The molecule has 0 fully saturated rings. The lowest BCUT2D eigenvalue weighted by atomic mass is 10.3. The molecular weight excluding hydrogens is 90.1 g/mol. The van der Waals surface area contributed by atoms with Crippen LogP contribution < -0.4 is 0 Å². The van der Waals surface area contributed by atoms with E-state index in [-0.39, 0.29) is 0 Å². The molecule has 1 atom stereocenters. The molecule has 2 heteroatoms. The van der Waals surface area contributed by atoms with Gasteiger partial charge in [0, 0.05) is 12.6 Å². The maximum absolute atomic E-state index is 10.3. The third-order valence-corrected chi connectivity index (χ3v) is 0.812. The second kappa shape index (κ2) is 1.89. The van der Waals surface area contributed by atoms with Crippen molar-refractivity contribution in [2.24, 2.45) is 4.99 Å². The molecule has 1 unspecified atom stereocenters. The minimum absolute atomic E-state index is 0.552. The molecule has 0 bridgehead atoms. The Balaban J connectivity index is 2.49. The van der Waals surface area contributed by atoms with Crippen molar-refractivity contribution < 1.29 is 5.11 Å². The number of hydrogen-bond acceptors (Lipinski definition) is 1. The number of nitrogens with zero attached hydrogens (tertiary/aromatic N) is 1. The molecule has 0 saturated heterocycles. The van der Waals surface area contributed by atoms with Gasteiger partial charge in [-0.15, -0.1) is 0 Å². The average Bonchev–Trinajstić information content (AvgIpc) is 1.69. The van der Waals surface area contributed by atoms with Crippen LogP contribution in [-0.2, 0) is 5.11 Å². The quantitative estimate of drug-likeness (QED) is 0.426. The summed E-state index contributed by atoms with van der Waals surface area (Å²) in [5.41, 5.74) is 0. The lowest BCUT2D eigenvalue weighted by Crippen LogP contribution is -2.00. The molecule has 1 aliphatic heterocycles. The van der Waals surface area contributed by atoms with E-state index in [1.54, 1.807) is 12.3 Å². The Kier molecular flexibility index (Phi) is 1.22. The van der Waals surface area contributed by atoms with Crippen LogP contribution in [0.25, 0.3) is 0 Å². The second-order valence-electron chi connectivity index (χ2n) is 1.42. The largest absolute Gasteiger partial charge is 0.258 e. The van der Waals surface area contributed by atoms with E-state index < -0.39 is 6.23 Å². The summed E-state index contributed by atoms with van der Waals surface area (Å²) in [5.74, 6) is 0. The van der Waals surface area contributed by atoms with E-state index in [2.05, 4.69) is 4.99 Å². The Morgan fingerprint density at radius 3 is 2.86 bits per heavy atom. The smallest absolute Gasteiger partial charge is 0.185 e. The summed E-state index contributed by atoms with van der Waals surface area (Å²) in [6.07, 6.45) is 4.97. The standard InChI is InChI=1S/C5H6NO/c7-5-3-1-2-4-6-5/h1-2,4-5H,3H2. The molecule has 1 rings (SSSR count). The zero-order valence-electron chi connectivity index (χ0n) is 3.87. The summed E-state index contributed by atoms with van der Waals surface area (Å²) in [6.45, 7) is 0. The molecule has 0 aromatic carbocycles. The predicted molar refractivity (Wildman–Crippen MR) is 26.7 cm³/mol. The van der Waals surface area contributed by atoms with Crippen molar-refractivity contribution in [2.75, 3.05) is 0 Å². The highest BCUT2D eigenvalue weighted by Gasteiger charge is 1.98. The molecule has 1 heterocycles. The van der Waals surface area contributed by atoms with Crippen molar-refractivity contribution >= 4 is 6.21 Å². The fourth-order valence-electron chi connectivity index (χ4n) is 0.462. The molecule has 1 radical (unpaired) electrons. The van der Waals surface area contributed by atoms with Crippen LogP contribution in [0.4, 0.5) is 0 Å². The molecular formula is C5H6NO. The Morgan fingerprint density at radius 2 is 2.57 bits per heavy atom. The zero-order chi connectivity index (χ0) is 5.11. The van der Waals surface area contributed by atoms with Crippen molar-refractivity contribution in [3.05, 3.63) is 12.2 Å². The highest BCUT2D eigenvalue weighted by Crippen LogP contribution is 1.98. The Morgan fingerprint density at radius 1 is 1.71 bits per heavy atom. The van der Waals surface area contributed by atoms with E-state index in [1.807, 2.05) is 6.08 Å². The third kappa shape index (κ3) is 1.12. The Labute approximate surface area is 42.2 Å². The first kappa shape index (κ1) is 4.53. The highest BCUT2D eigenvalue weighted by atomic mass is 16.3. The van der Waals surface area contributed by atoms with Crippen LogP contribution in [0.2, 0.25) is 0 Å². The zero-order valence-corrected chi connectivity index (χ0v) is 3.87. The average molecular weight is 96.1 g/mol. The van der Waals surface area contributed by atoms with E-state index >= 15 is 0 Å². The minimum atomic E-state index is -0.731. The highest BCUT2D eigenvalue weighted by molar-refractivity contribution is 5.71. The molecule has 0 aliphatic carbocycles. The van der Waals surface area contributed by atoms with Gasteiger partial charge in [-0.05, 0) is 6.08 Å². The van der Waals surface area contributed by atoms with Crippen molar-refractivity contribution in [3.63, 3.8) is 0 Å². The van der Waals surface area contributed by atoms with Gasteiger partial charge in [0.25, 0.3) is 0 Å². The third-order valence-electron chi connectivity index (χ3n) is 0.812. The molecule has 0 amide bonds. The lowest BCUT2D eigenvalue weighted by molar-refractivity contribution is 0.0994. The van der Waals surface area contributed by atoms with Gasteiger partial charge in [-0.1, -0.05) is 6.08 Å². The molecule has 0 saturated carbocycles. The molecule has 7 heavy (non-hydrogen) atoms. The van der Waals surface area contributed by atoms with Crippen LogP contribution in [0.3, 0.4) is 0 Å². The van der Waals surface area contributed by atoms with Gasteiger partial charge in [-0.3, -0.25) is 4.99 Å². The van der Waals surface area contributed by atoms with E-state index in [9.17, 15) is 5.11 Å². The van der Waals surface area contributed by atoms with Gasteiger partial charge in [-0.25, -0.2) is 5.11 Å². The first-order chi connectivity index (χ1) is 3.39. The van der Waals surface area contributed by atoms with Crippen LogP contribution in [0, 0.1) is 0 Å². The van der Waals surface area contributed by atoms with Crippen molar-refractivity contribution in [3.8, 4) is 0 Å². The topological polar surface area (TPSA) is 32.3 Å². The van der Waals surface area contributed by atoms with Gasteiger partial charge < -0.3 is 0 Å². The summed E-state index contributed by atoms with van der Waals surface area (Å²) in [7, 11) is 0. The molecule has 0 aromatic rings. The van der Waals surface area contributed by atoms with E-state index in [0.717, 1.165) is 0 Å². The maximum Gasteiger partial charge on any atom is 0.185 e. The maximum atomic E-state index is 10.3. The first-order valence-corrected chi connectivity index (χ1v) is 2.24. The normalized spacial score (nSPS) is 28.4. The van der Waals surface area contributed by atoms with Gasteiger partial charge in [0.15, 0.2) is 6.23 Å². The summed E-state index contributed by atoms with van der Waals surface area (Å²) in [5, 5.41) is 10.3. The van der Waals surface area contributed by atoms with Crippen LogP contribution >= 0.6 is 0 Å². The van der Waals surface area contributed by atoms with Gasteiger partial charge in [0.05, 0.1) is 0 Å². The molecule has 37 valence electrons. The van der Waals surface area contributed by atoms with Crippen LogP contribution in [-0.4, -0.2) is 12.4 Å². The van der Waals surface area contributed by atoms with E-state index in [0.29, 0.717) is 6.42 Å². The predicted octanol–water partition coefficient (Wildman–Crippen LogP) is 0.774. The summed E-state index contributed by atoms with van der Waals surface area (Å²) in [4.78, 5) is 3.56. The van der Waals surface area contributed by atoms with Gasteiger partial charge >= 0.3 is 0 Å². The van der Waals surface area contributed by atoms with Gasteiger partial charge in [0.1, 0.15) is 0 Å². The van der Waals surface area contributed by atoms with Gasteiger partial charge in [0.2, 0.25) is 0 Å². The molecule has 1 aliphatic rings. The number of aliphatic imine (C=N–C) groups is 1. The van der Waals surface area contributed by atoms with Crippen molar-refractivity contribution in [1.29, 1.82) is 0 Å². The minimum Gasteiger partial charge on any atom is -0.258 e. The SMILES string of the molecule is [O]C1CC=CC=N1. The lowest BCUT2D eigenvalue weighted by Gasteiger charge is -1.98. The first-order valence-electron chi connectivity index (χ1n) is 2.24.